The van der Waals surface area contributed by atoms with E-state index in [1.54, 1.807) is 6.92 Å². The van der Waals surface area contributed by atoms with Crippen molar-refractivity contribution in [3.63, 3.8) is 0 Å². The molecule has 0 fully saturated rings. The summed E-state index contributed by atoms with van der Waals surface area (Å²) in [5, 5.41) is 13.8. The van der Waals surface area contributed by atoms with Gasteiger partial charge >= 0.3 is 5.76 Å². The zero-order valence-electron chi connectivity index (χ0n) is 14.3. The summed E-state index contributed by atoms with van der Waals surface area (Å²) < 4.78 is 49.8. The van der Waals surface area contributed by atoms with Crippen LogP contribution >= 0.6 is 15.9 Å². The van der Waals surface area contributed by atoms with Crippen molar-refractivity contribution >= 4 is 31.8 Å². The van der Waals surface area contributed by atoms with Gasteiger partial charge in [0, 0.05) is 13.1 Å². The second-order valence-electron chi connectivity index (χ2n) is 5.41. The molecule has 2 N–H and O–H groups in total. The molecule has 0 saturated carbocycles. The first-order chi connectivity index (χ1) is 13.3. The van der Waals surface area contributed by atoms with Gasteiger partial charge in [0.05, 0.1) is 15.9 Å². The first-order valence-corrected chi connectivity index (χ1v) is 10.3. The predicted octanol–water partition coefficient (Wildman–Crippen LogP) is 1.13. The predicted molar refractivity (Wildman–Crippen MR) is 99.0 cm³/mol. The Labute approximate surface area is 166 Å². The van der Waals surface area contributed by atoms with Crippen LogP contribution in [0.25, 0.3) is 17.2 Å². The van der Waals surface area contributed by atoms with Crippen LogP contribution < -0.4 is 15.8 Å². The van der Waals surface area contributed by atoms with E-state index in [0.717, 1.165) is 10.6 Å². The second-order valence-corrected chi connectivity index (χ2v) is 8.19. The Morgan fingerprint density at radius 3 is 2.79 bits per heavy atom. The third kappa shape index (κ3) is 4.28. The minimum absolute atomic E-state index is 0.000721. The summed E-state index contributed by atoms with van der Waals surface area (Å²) in [6, 6.07) is 3.88. The molecule has 0 amide bonds. The van der Waals surface area contributed by atoms with Gasteiger partial charge in [-0.15, -0.1) is 0 Å². The molecule has 14 heteroatoms. The molecule has 3 rings (SSSR count). The van der Waals surface area contributed by atoms with Crippen LogP contribution in [0.5, 0.6) is 0 Å². The van der Waals surface area contributed by atoms with Crippen LogP contribution in [0.15, 0.2) is 36.6 Å². The summed E-state index contributed by atoms with van der Waals surface area (Å²) >= 11 is 3.05. The lowest BCUT2D eigenvalue weighted by molar-refractivity contribution is 0.309. The number of benzene rings is 1. The molecule has 28 heavy (non-hydrogen) atoms. The number of nitrogens with zero attached hydrogens (tertiary/aromatic N) is 4. The number of halogens is 2. The van der Waals surface area contributed by atoms with Crippen LogP contribution in [-0.4, -0.2) is 47.3 Å². The van der Waals surface area contributed by atoms with Crippen molar-refractivity contribution < 1.29 is 22.0 Å². The molecule has 0 radical (unpaired) electrons. The third-order valence-electron chi connectivity index (χ3n) is 3.49. The van der Waals surface area contributed by atoms with E-state index in [0.29, 0.717) is 0 Å². The molecule has 0 unspecified atom stereocenters. The van der Waals surface area contributed by atoms with Crippen molar-refractivity contribution in [3.8, 4) is 17.2 Å². The monoisotopic (exact) mass is 476 g/mol. The maximum Gasteiger partial charge on any atom is 0.446 e. The van der Waals surface area contributed by atoms with Gasteiger partial charge in [-0.2, -0.15) is 0 Å². The molecular weight excluding hydrogens is 463 g/mol. The maximum atomic E-state index is 13.5. The van der Waals surface area contributed by atoms with Crippen molar-refractivity contribution in [2.24, 2.45) is 0 Å². The topological polar surface area (TPSA) is 145 Å². The number of hydrogen-bond donors (Lipinski definition) is 2. The Morgan fingerprint density at radius 1 is 1.29 bits per heavy atom. The maximum absolute atomic E-state index is 13.5. The van der Waals surface area contributed by atoms with Crippen molar-refractivity contribution in [2.45, 2.75) is 6.92 Å². The highest BCUT2D eigenvalue weighted by molar-refractivity contribution is 9.10. The number of hydrogen-bond acceptors (Lipinski definition) is 9. The molecule has 0 aliphatic heterocycles. The fourth-order valence-electron chi connectivity index (χ4n) is 2.30. The summed E-state index contributed by atoms with van der Waals surface area (Å²) in [7, 11) is -3.44. The summed E-state index contributed by atoms with van der Waals surface area (Å²) in [6.07, 6.45) is 0. The molecule has 0 atom stereocenters. The Bertz CT molecular complexity index is 1140. The minimum Gasteiger partial charge on any atom is -0.364 e. The van der Waals surface area contributed by atoms with Gasteiger partial charge in [0.1, 0.15) is 5.82 Å². The van der Waals surface area contributed by atoms with Crippen LogP contribution in [-0.2, 0) is 10.0 Å². The number of rotatable bonds is 8. The molecule has 150 valence electrons. The molecule has 1 aromatic carbocycles. The van der Waals surface area contributed by atoms with E-state index in [2.05, 4.69) is 46.1 Å². The Balaban J connectivity index is 1.89. The first-order valence-electron chi connectivity index (χ1n) is 7.90. The molecule has 2 heterocycles. The Kier molecular flexibility index (Phi) is 5.90. The molecule has 11 nitrogen and oxygen atoms in total. The van der Waals surface area contributed by atoms with Crippen molar-refractivity contribution in [1.82, 2.24) is 24.8 Å². The van der Waals surface area contributed by atoms with E-state index >= 15 is 0 Å². The number of anilines is 1. The lowest BCUT2D eigenvalue weighted by atomic mass is 10.3. The van der Waals surface area contributed by atoms with Crippen molar-refractivity contribution in [1.29, 1.82) is 0 Å². The van der Waals surface area contributed by atoms with Gasteiger partial charge in [-0.05, 0) is 44.4 Å². The lowest BCUT2D eigenvalue weighted by Crippen LogP contribution is -2.29. The molecule has 0 saturated heterocycles. The molecule has 0 spiro atoms. The molecule has 0 aliphatic rings. The molecule has 0 aliphatic carbocycles. The smallest absolute Gasteiger partial charge is 0.364 e. The van der Waals surface area contributed by atoms with Gasteiger partial charge in [0.25, 0.3) is 0 Å². The standard InChI is InChI=1S/C14H14BrFN6O5S/c1-2-18-28(24,25)6-5-17-12-11(19-27-20-12)13-21-26-14(23)22(13)8-3-4-10(16)9(15)7-8/h3-4,7,18H,2,5-6H2,1H3,(H,17,20). The van der Waals surface area contributed by atoms with Crippen LogP contribution in [0.2, 0.25) is 0 Å². The van der Waals surface area contributed by atoms with Gasteiger partial charge in [0.2, 0.25) is 21.7 Å². The number of nitrogens with one attached hydrogen (secondary N) is 2. The third-order valence-corrected chi connectivity index (χ3v) is 5.57. The normalized spacial score (nSPS) is 11.7. The summed E-state index contributed by atoms with van der Waals surface area (Å²) in [6.45, 7) is 1.94. The van der Waals surface area contributed by atoms with Crippen molar-refractivity contribution in [3.05, 3.63) is 39.0 Å². The van der Waals surface area contributed by atoms with E-state index in [9.17, 15) is 17.6 Å². The van der Waals surface area contributed by atoms with E-state index in [1.165, 1.54) is 12.1 Å². The van der Waals surface area contributed by atoms with Crippen LogP contribution in [0.4, 0.5) is 10.2 Å². The number of sulfonamides is 1. The van der Waals surface area contributed by atoms with E-state index in [4.69, 9.17) is 4.52 Å². The highest BCUT2D eigenvalue weighted by Gasteiger charge is 2.23. The summed E-state index contributed by atoms with van der Waals surface area (Å²) in [4.78, 5) is 12.1. The molecule has 0 bridgehead atoms. The minimum atomic E-state index is -3.44. The largest absolute Gasteiger partial charge is 0.446 e. The molecular formula is C14H14BrFN6O5S. The summed E-state index contributed by atoms with van der Waals surface area (Å²) in [5.74, 6) is -1.56. The second kappa shape index (κ2) is 8.20. The Hall–Kier alpha value is -2.58. The van der Waals surface area contributed by atoms with Crippen LogP contribution in [0.3, 0.4) is 0 Å². The summed E-state index contributed by atoms with van der Waals surface area (Å²) in [5.41, 5.74) is 0.283. The average Bonchev–Trinajstić information content (AvgIpc) is 3.23. The first kappa shape index (κ1) is 20.2. The van der Waals surface area contributed by atoms with Crippen LogP contribution in [0.1, 0.15) is 6.92 Å². The van der Waals surface area contributed by atoms with E-state index in [-0.39, 0.29) is 46.3 Å². The lowest BCUT2D eigenvalue weighted by Gasteiger charge is -2.06. The van der Waals surface area contributed by atoms with E-state index in [1.807, 2.05) is 0 Å². The SMILES string of the molecule is CCNS(=O)(=O)CCNc1nonc1-c1noc(=O)n1-c1ccc(F)c(Br)c1. The zero-order valence-corrected chi connectivity index (χ0v) is 16.8. The quantitative estimate of drug-likeness (QED) is 0.488. The van der Waals surface area contributed by atoms with Gasteiger partial charge in [-0.3, -0.25) is 4.52 Å². The van der Waals surface area contributed by atoms with Crippen LogP contribution in [0, 0.1) is 5.82 Å². The van der Waals surface area contributed by atoms with Crippen molar-refractivity contribution in [2.75, 3.05) is 24.2 Å². The average molecular weight is 477 g/mol. The Morgan fingerprint density at radius 2 is 2.07 bits per heavy atom. The molecule has 3 aromatic rings. The van der Waals surface area contributed by atoms with Gasteiger partial charge in [-0.25, -0.2) is 31.5 Å². The number of aromatic nitrogens is 4. The van der Waals surface area contributed by atoms with Gasteiger partial charge in [0.15, 0.2) is 5.69 Å². The fraction of sp³-hybridized carbons (Fsp3) is 0.286. The van der Waals surface area contributed by atoms with E-state index < -0.39 is 21.6 Å². The van der Waals surface area contributed by atoms with Gasteiger partial charge < -0.3 is 5.32 Å². The highest BCUT2D eigenvalue weighted by atomic mass is 79.9. The fourth-order valence-corrected chi connectivity index (χ4v) is 3.62. The molecule has 2 aromatic heterocycles. The zero-order chi connectivity index (χ0) is 20.3. The highest BCUT2D eigenvalue weighted by Crippen LogP contribution is 2.26. The van der Waals surface area contributed by atoms with Gasteiger partial charge in [-0.1, -0.05) is 12.1 Å².